The van der Waals surface area contributed by atoms with Crippen LogP contribution in [0.1, 0.15) is 90.8 Å². The maximum Gasteiger partial charge on any atom is 0.255 e. The minimum absolute atomic E-state index is 0.128. The number of rotatable bonds is 9. The molecule has 1 N–H and O–H groups in total. The van der Waals surface area contributed by atoms with E-state index in [2.05, 4.69) is 23.5 Å². The molecular formula is C31H36ClN3O4. The van der Waals surface area contributed by atoms with E-state index in [1.165, 1.54) is 5.56 Å². The Kier molecular flexibility index (Phi) is 8.66. The smallest absolute Gasteiger partial charge is 0.255 e. The predicted octanol–water partition coefficient (Wildman–Crippen LogP) is 5.00. The summed E-state index contributed by atoms with van der Waals surface area (Å²) in [6.07, 6.45) is 8.09. The molecule has 0 aliphatic carbocycles. The van der Waals surface area contributed by atoms with Crippen LogP contribution in [-0.2, 0) is 27.3 Å². The van der Waals surface area contributed by atoms with Gasteiger partial charge in [-0.25, -0.2) is 0 Å². The first-order valence-electron chi connectivity index (χ1n) is 14.2. The molecule has 0 bridgehead atoms. The Hall–Kier alpha value is -3.19. The fourth-order valence-corrected chi connectivity index (χ4v) is 6.20. The molecular weight excluding hydrogens is 514 g/mol. The maximum absolute atomic E-state index is 13.0. The zero-order chi connectivity index (χ0) is 27.4. The Labute approximate surface area is 234 Å². The number of carbonyl (C=O) groups excluding carboxylic acids is 4. The van der Waals surface area contributed by atoms with Gasteiger partial charge in [0.15, 0.2) is 0 Å². The molecule has 39 heavy (non-hydrogen) atoms. The van der Waals surface area contributed by atoms with Gasteiger partial charge in [0, 0.05) is 43.1 Å². The molecule has 0 saturated carbocycles. The summed E-state index contributed by atoms with van der Waals surface area (Å²) in [5.41, 5.74) is 4.03. The van der Waals surface area contributed by atoms with Gasteiger partial charge >= 0.3 is 0 Å². The Bertz CT molecular complexity index is 1240. The average Bonchev–Trinajstić information content (AvgIpc) is 3.26. The van der Waals surface area contributed by atoms with Crippen LogP contribution < -0.4 is 5.32 Å². The van der Waals surface area contributed by atoms with Crippen LogP contribution in [0.4, 0.5) is 0 Å². The third-order valence-electron chi connectivity index (χ3n) is 8.39. The van der Waals surface area contributed by atoms with Crippen molar-refractivity contribution in [3.63, 3.8) is 0 Å². The number of halogens is 1. The van der Waals surface area contributed by atoms with Gasteiger partial charge in [-0.1, -0.05) is 48.7 Å². The van der Waals surface area contributed by atoms with Crippen LogP contribution in [0.5, 0.6) is 0 Å². The number of fused-ring (bicyclic) bond motifs is 1. The van der Waals surface area contributed by atoms with Crippen LogP contribution in [0.3, 0.4) is 0 Å². The van der Waals surface area contributed by atoms with Gasteiger partial charge in [0.05, 0.1) is 0 Å². The van der Waals surface area contributed by atoms with Crippen LogP contribution in [-0.4, -0.2) is 52.6 Å². The SMILES string of the molecule is O=C1CCC(N2Cc3ccc(CCCCCCC(=O)N4CCC(c5ccc(Cl)cc5)CC4)cc3C2=O)C(=O)N1. The number of nitrogens with one attached hydrogen (secondary N) is 1. The van der Waals surface area contributed by atoms with Crippen LogP contribution >= 0.6 is 11.6 Å². The number of unbranched alkanes of at least 4 members (excludes halogenated alkanes) is 3. The number of likely N-dealkylation sites (tertiary alicyclic amines) is 1. The molecule has 2 aromatic carbocycles. The van der Waals surface area contributed by atoms with Crippen LogP contribution in [0.2, 0.25) is 5.02 Å². The average molecular weight is 550 g/mol. The second-order valence-electron chi connectivity index (χ2n) is 11.0. The zero-order valence-corrected chi connectivity index (χ0v) is 23.0. The minimum atomic E-state index is -0.580. The molecule has 3 heterocycles. The van der Waals surface area contributed by atoms with E-state index in [-0.39, 0.29) is 30.0 Å². The molecule has 2 fully saturated rings. The van der Waals surface area contributed by atoms with Gasteiger partial charge in [0.2, 0.25) is 17.7 Å². The van der Waals surface area contributed by atoms with E-state index >= 15 is 0 Å². The molecule has 0 spiro atoms. The molecule has 8 heteroatoms. The lowest BCUT2D eigenvalue weighted by atomic mass is 9.89. The summed E-state index contributed by atoms with van der Waals surface area (Å²) in [7, 11) is 0. The topological polar surface area (TPSA) is 86.8 Å². The zero-order valence-electron chi connectivity index (χ0n) is 22.3. The van der Waals surface area contributed by atoms with E-state index < -0.39 is 6.04 Å². The number of hydrogen-bond donors (Lipinski definition) is 1. The van der Waals surface area contributed by atoms with Crippen LogP contribution in [0, 0.1) is 0 Å². The molecule has 206 valence electrons. The molecule has 3 aliphatic heterocycles. The van der Waals surface area contributed by atoms with Crippen molar-refractivity contribution >= 4 is 35.2 Å². The van der Waals surface area contributed by atoms with Gasteiger partial charge in [-0.2, -0.15) is 0 Å². The van der Waals surface area contributed by atoms with E-state index in [9.17, 15) is 19.2 Å². The molecule has 1 unspecified atom stereocenters. The number of carbonyl (C=O) groups is 4. The second kappa shape index (κ2) is 12.3. The molecule has 3 aliphatic rings. The minimum Gasteiger partial charge on any atom is -0.343 e. The monoisotopic (exact) mass is 549 g/mol. The van der Waals surface area contributed by atoms with Crippen molar-refractivity contribution in [2.24, 2.45) is 0 Å². The fraction of sp³-hybridized carbons (Fsp3) is 0.484. The highest BCUT2D eigenvalue weighted by Gasteiger charge is 2.39. The second-order valence-corrected chi connectivity index (χ2v) is 11.4. The van der Waals surface area contributed by atoms with E-state index in [1.54, 1.807) is 4.90 Å². The first kappa shape index (κ1) is 27.4. The Morgan fingerprint density at radius 2 is 1.67 bits per heavy atom. The molecule has 5 rings (SSSR count). The third kappa shape index (κ3) is 6.52. The Morgan fingerprint density at radius 1 is 0.923 bits per heavy atom. The first-order valence-corrected chi connectivity index (χ1v) is 14.6. The van der Waals surface area contributed by atoms with Crippen LogP contribution in [0.25, 0.3) is 0 Å². The van der Waals surface area contributed by atoms with Gasteiger partial charge in [0.25, 0.3) is 5.91 Å². The van der Waals surface area contributed by atoms with E-state index in [1.807, 2.05) is 29.2 Å². The number of imide groups is 1. The molecule has 1 atom stereocenters. The molecule has 2 saturated heterocycles. The number of amides is 4. The maximum atomic E-state index is 13.0. The number of hydrogen-bond acceptors (Lipinski definition) is 4. The Morgan fingerprint density at radius 3 is 2.41 bits per heavy atom. The largest absolute Gasteiger partial charge is 0.343 e. The van der Waals surface area contributed by atoms with Crippen molar-refractivity contribution in [1.82, 2.24) is 15.1 Å². The van der Waals surface area contributed by atoms with Gasteiger partial charge < -0.3 is 9.80 Å². The normalized spacial score (nSPS) is 19.8. The number of benzene rings is 2. The molecule has 2 aromatic rings. The summed E-state index contributed by atoms with van der Waals surface area (Å²) < 4.78 is 0. The highest BCUT2D eigenvalue weighted by atomic mass is 35.5. The van der Waals surface area contributed by atoms with E-state index in [0.717, 1.165) is 74.2 Å². The van der Waals surface area contributed by atoms with Crippen molar-refractivity contribution in [2.75, 3.05) is 13.1 Å². The summed E-state index contributed by atoms with van der Waals surface area (Å²) in [5.74, 6) is -0.0175. The number of aryl methyl sites for hydroxylation is 1. The van der Waals surface area contributed by atoms with Crippen molar-refractivity contribution in [2.45, 2.75) is 82.7 Å². The molecule has 0 radical (unpaired) electrons. The van der Waals surface area contributed by atoms with Crippen molar-refractivity contribution in [3.05, 3.63) is 69.7 Å². The van der Waals surface area contributed by atoms with E-state index in [0.29, 0.717) is 30.9 Å². The van der Waals surface area contributed by atoms with Crippen LogP contribution in [0.15, 0.2) is 42.5 Å². The highest BCUT2D eigenvalue weighted by Crippen LogP contribution is 2.30. The van der Waals surface area contributed by atoms with Gasteiger partial charge in [-0.15, -0.1) is 0 Å². The van der Waals surface area contributed by atoms with Gasteiger partial charge in [-0.05, 0) is 79.3 Å². The summed E-state index contributed by atoms with van der Waals surface area (Å²) in [4.78, 5) is 53.0. The number of nitrogens with zero attached hydrogens (tertiary/aromatic N) is 2. The summed E-state index contributed by atoms with van der Waals surface area (Å²) in [6.45, 7) is 2.06. The van der Waals surface area contributed by atoms with Crippen molar-refractivity contribution in [3.8, 4) is 0 Å². The highest BCUT2D eigenvalue weighted by molar-refractivity contribution is 6.30. The van der Waals surface area contributed by atoms with E-state index in [4.69, 9.17) is 11.6 Å². The number of piperidine rings is 2. The van der Waals surface area contributed by atoms with Gasteiger partial charge in [0.1, 0.15) is 6.04 Å². The fourth-order valence-electron chi connectivity index (χ4n) is 6.07. The summed E-state index contributed by atoms with van der Waals surface area (Å²) in [5, 5.41) is 3.10. The summed E-state index contributed by atoms with van der Waals surface area (Å²) >= 11 is 6.00. The van der Waals surface area contributed by atoms with Crippen molar-refractivity contribution in [1.29, 1.82) is 0 Å². The standard InChI is InChI=1S/C31H36ClN3O4/c32-25-11-9-22(10-12-25)23-15-17-34(18-16-23)29(37)6-4-2-1-3-5-21-7-8-24-20-35(31(39)26(24)19-21)27-13-14-28(36)33-30(27)38/h7-12,19,23,27H,1-6,13-18,20H2,(H,33,36,38). The third-order valence-corrected chi connectivity index (χ3v) is 8.64. The lowest BCUT2D eigenvalue weighted by Crippen LogP contribution is -2.52. The first-order chi connectivity index (χ1) is 18.9. The Balaban J connectivity index is 0.996. The quantitative estimate of drug-likeness (QED) is 0.352. The lowest BCUT2D eigenvalue weighted by molar-refractivity contribution is -0.137. The molecule has 0 aromatic heterocycles. The van der Waals surface area contributed by atoms with Crippen molar-refractivity contribution < 1.29 is 19.2 Å². The van der Waals surface area contributed by atoms with Gasteiger partial charge in [-0.3, -0.25) is 24.5 Å². The predicted molar refractivity (Wildman–Crippen MR) is 149 cm³/mol. The molecule has 4 amide bonds. The summed E-state index contributed by atoms with van der Waals surface area (Å²) in [6, 6.07) is 13.5. The molecule has 7 nitrogen and oxygen atoms in total. The lowest BCUT2D eigenvalue weighted by Gasteiger charge is -2.32.